The number of hydrogen-bond acceptors (Lipinski definition) is 4. The molecular formula is C17H28N4O3S. The van der Waals surface area contributed by atoms with Crippen molar-refractivity contribution in [2.24, 2.45) is 0 Å². The van der Waals surface area contributed by atoms with E-state index in [-0.39, 0.29) is 18.0 Å². The molecule has 25 heavy (non-hydrogen) atoms. The van der Waals surface area contributed by atoms with Gasteiger partial charge in [-0.1, -0.05) is 30.3 Å². The van der Waals surface area contributed by atoms with Gasteiger partial charge in [0.15, 0.2) is 0 Å². The summed E-state index contributed by atoms with van der Waals surface area (Å²) in [5.74, 6) is 0.0145. The van der Waals surface area contributed by atoms with Gasteiger partial charge in [-0.3, -0.25) is 9.69 Å². The highest BCUT2D eigenvalue weighted by Crippen LogP contribution is 2.24. The summed E-state index contributed by atoms with van der Waals surface area (Å²) in [7, 11) is 1.62. The van der Waals surface area contributed by atoms with Crippen LogP contribution in [0.15, 0.2) is 30.3 Å². The maximum Gasteiger partial charge on any atom is 0.279 e. The summed E-state index contributed by atoms with van der Waals surface area (Å²) in [6, 6.07) is 9.76. The Kier molecular flexibility index (Phi) is 6.95. The molecule has 2 N–H and O–H groups in total. The predicted molar refractivity (Wildman–Crippen MR) is 98.1 cm³/mol. The number of carbonyl (C=O) groups is 1. The summed E-state index contributed by atoms with van der Waals surface area (Å²) >= 11 is 0. The van der Waals surface area contributed by atoms with Crippen LogP contribution in [0.4, 0.5) is 0 Å². The second-order valence-electron chi connectivity index (χ2n) is 6.52. The maximum atomic E-state index is 12.4. The highest BCUT2D eigenvalue weighted by atomic mass is 32.2. The van der Waals surface area contributed by atoms with Gasteiger partial charge in [-0.05, 0) is 25.5 Å². The molecule has 2 rings (SSSR count). The fraction of sp³-hybridized carbons (Fsp3) is 0.588. The van der Waals surface area contributed by atoms with Gasteiger partial charge < -0.3 is 5.32 Å². The van der Waals surface area contributed by atoms with Crippen LogP contribution in [0.3, 0.4) is 0 Å². The van der Waals surface area contributed by atoms with Crippen LogP contribution in [0.25, 0.3) is 0 Å². The molecule has 0 aromatic heterocycles. The first-order chi connectivity index (χ1) is 11.8. The Labute approximate surface area is 150 Å². The predicted octanol–water partition coefficient (Wildman–Crippen LogP) is 0.552. The third-order valence-corrected chi connectivity index (χ3v) is 6.33. The van der Waals surface area contributed by atoms with Gasteiger partial charge in [-0.25, -0.2) is 4.72 Å². The second-order valence-corrected chi connectivity index (χ2v) is 8.39. The van der Waals surface area contributed by atoms with E-state index in [4.69, 9.17) is 0 Å². The number of rotatable bonds is 8. The number of amides is 1. The van der Waals surface area contributed by atoms with E-state index in [2.05, 4.69) is 14.9 Å². The van der Waals surface area contributed by atoms with Crippen LogP contribution in [0.1, 0.15) is 24.8 Å². The summed E-state index contributed by atoms with van der Waals surface area (Å²) in [6.07, 6.45) is 2.23. The normalized spacial score (nSPS) is 21.6. The van der Waals surface area contributed by atoms with Crippen LogP contribution in [-0.2, 0) is 21.5 Å². The average Bonchev–Trinajstić information content (AvgIpc) is 2.94. The minimum atomic E-state index is -3.54. The Morgan fingerprint density at radius 1 is 1.24 bits per heavy atom. The van der Waals surface area contributed by atoms with Crippen molar-refractivity contribution in [3.05, 3.63) is 35.9 Å². The molecule has 1 aliphatic heterocycles. The molecule has 2 atom stereocenters. The van der Waals surface area contributed by atoms with Crippen LogP contribution in [0.5, 0.6) is 0 Å². The van der Waals surface area contributed by atoms with E-state index in [0.29, 0.717) is 19.5 Å². The Hall–Kier alpha value is -1.48. The SMILES string of the molecule is CNC(=O)C[C@H]1CC[C@@H](CNS(=O)(=O)N(C)Cc2ccccc2)N1C. The molecule has 7 nitrogen and oxygen atoms in total. The minimum absolute atomic E-state index is 0.0145. The highest BCUT2D eigenvalue weighted by Gasteiger charge is 2.32. The van der Waals surface area contributed by atoms with Crippen molar-refractivity contribution in [1.29, 1.82) is 0 Å². The van der Waals surface area contributed by atoms with Crippen LogP contribution >= 0.6 is 0 Å². The zero-order valence-electron chi connectivity index (χ0n) is 15.1. The highest BCUT2D eigenvalue weighted by molar-refractivity contribution is 7.87. The second kappa shape index (κ2) is 8.75. The van der Waals surface area contributed by atoms with Gasteiger partial charge in [0.2, 0.25) is 5.91 Å². The number of likely N-dealkylation sites (N-methyl/N-ethyl adjacent to an activating group) is 1. The van der Waals surface area contributed by atoms with Crippen molar-refractivity contribution in [1.82, 2.24) is 19.2 Å². The van der Waals surface area contributed by atoms with Crippen LogP contribution in [-0.4, -0.2) is 63.3 Å². The van der Waals surface area contributed by atoms with Crippen LogP contribution in [0, 0.1) is 0 Å². The van der Waals surface area contributed by atoms with Crippen molar-refractivity contribution in [2.45, 2.75) is 37.9 Å². The molecule has 1 aromatic rings. The molecule has 0 aliphatic carbocycles. The summed E-state index contributed by atoms with van der Waals surface area (Å²) in [5, 5.41) is 2.64. The molecule has 0 spiro atoms. The molecule has 1 fully saturated rings. The molecule has 1 saturated heterocycles. The smallest absolute Gasteiger partial charge is 0.279 e. The molecule has 0 saturated carbocycles. The van der Waals surface area contributed by atoms with Gasteiger partial charge in [-0.15, -0.1) is 0 Å². The Morgan fingerprint density at radius 2 is 1.88 bits per heavy atom. The van der Waals surface area contributed by atoms with Crippen molar-refractivity contribution in [2.75, 3.05) is 27.7 Å². The van der Waals surface area contributed by atoms with Gasteiger partial charge in [0.05, 0.1) is 0 Å². The first-order valence-corrected chi connectivity index (χ1v) is 9.95. The van der Waals surface area contributed by atoms with Crippen LogP contribution < -0.4 is 10.0 Å². The molecule has 0 unspecified atom stereocenters. The molecule has 8 heteroatoms. The number of nitrogens with zero attached hydrogens (tertiary/aromatic N) is 2. The largest absolute Gasteiger partial charge is 0.359 e. The summed E-state index contributed by atoms with van der Waals surface area (Å²) in [5.41, 5.74) is 0.944. The van der Waals surface area contributed by atoms with E-state index in [1.54, 1.807) is 14.1 Å². The number of likely N-dealkylation sites (tertiary alicyclic amines) is 1. The molecule has 0 radical (unpaired) electrons. The number of benzene rings is 1. The van der Waals surface area contributed by atoms with Gasteiger partial charge in [-0.2, -0.15) is 12.7 Å². The van der Waals surface area contributed by atoms with E-state index in [0.717, 1.165) is 18.4 Å². The van der Waals surface area contributed by atoms with Gasteiger partial charge in [0.25, 0.3) is 10.2 Å². The first-order valence-electron chi connectivity index (χ1n) is 8.51. The van der Waals surface area contributed by atoms with Crippen molar-refractivity contribution in [3.63, 3.8) is 0 Å². The van der Waals surface area contributed by atoms with E-state index >= 15 is 0 Å². The lowest BCUT2D eigenvalue weighted by molar-refractivity contribution is -0.121. The fourth-order valence-electron chi connectivity index (χ4n) is 3.14. The number of hydrogen-bond donors (Lipinski definition) is 2. The van der Waals surface area contributed by atoms with Crippen molar-refractivity contribution in [3.8, 4) is 0 Å². The summed E-state index contributed by atoms with van der Waals surface area (Å²) < 4.78 is 28.9. The first kappa shape index (κ1) is 19.8. The lowest BCUT2D eigenvalue weighted by Crippen LogP contribution is -2.45. The molecule has 1 heterocycles. The molecule has 140 valence electrons. The molecule has 1 amide bonds. The quantitative estimate of drug-likeness (QED) is 0.702. The summed E-state index contributed by atoms with van der Waals surface area (Å²) in [6.45, 7) is 0.679. The standard InChI is InChI=1S/C17H28N4O3S/c1-18-17(22)11-15-9-10-16(21(15)3)12-19-25(23,24)20(2)13-14-7-5-4-6-8-14/h4-8,15-16,19H,9-13H2,1-3H3,(H,18,22)/t15-,16+/m1/s1. The lowest BCUT2D eigenvalue weighted by atomic mass is 10.1. The third-order valence-electron chi connectivity index (χ3n) is 4.84. The zero-order valence-corrected chi connectivity index (χ0v) is 15.9. The van der Waals surface area contributed by atoms with E-state index in [1.165, 1.54) is 4.31 Å². The molecule has 1 aliphatic rings. The third kappa shape index (κ3) is 5.50. The molecule has 0 bridgehead atoms. The number of carbonyl (C=O) groups excluding carboxylic acids is 1. The number of nitrogens with one attached hydrogen (secondary N) is 2. The van der Waals surface area contributed by atoms with E-state index < -0.39 is 10.2 Å². The Balaban J connectivity index is 1.86. The van der Waals surface area contributed by atoms with E-state index in [1.807, 2.05) is 37.4 Å². The van der Waals surface area contributed by atoms with Gasteiger partial charge >= 0.3 is 0 Å². The molecular weight excluding hydrogens is 340 g/mol. The lowest BCUT2D eigenvalue weighted by Gasteiger charge is -2.26. The zero-order chi connectivity index (χ0) is 18.4. The van der Waals surface area contributed by atoms with Gasteiger partial charge in [0, 0.05) is 45.7 Å². The fourth-order valence-corrected chi connectivity index (χ4v) is 4.08. The Bertz CT molecular complexity index is 666. The Morgan fingerprint density at radius 3 is 2.52 bits per heavy atom. The van der Waals surface area contributed by atoms with Crippen LogP contribution in [0.2, 0.25) is 0 Å². The maximum absolute atomic E-state index is 12.4. The molecule has 1 aromatic carbocycles. The monoisotopic (exact) mass is 368 g/mol. The van der Waals surface area contributed by atoms with Gasteiger partial charge in [0.1, 0.15) is 0 Å². The van der Waals surface area contributed by atoms with Crippen molar-refractivity contribution >= 4 is 16.1 Å². The topological polar surface area (TPSA) is 81.8 Å². The average molecular weight is 369 g/mol. The summed E-state index contributed by atoms with van der Waals surface area (Å²) in [4.78, 5) is 13.7. The minimum Gasteiger partial charge on any atom is -0.359 e. The van der Waals surface area contributed by atoms with E-state index in [9.17, 15) is 13.2 Å². The van der Waals surface area contributed by atoms with Crippen molar-refractivity contribution < 1.29 is 13.2 Å².